The van der Waals surface area contributed by atoms with Crippen LogP contribution in [-0.4, -0.2) is 16.5 Å². The number of nitrogen functional groups attached to an aromatic ring is 2. The highest BCUT2D eigenvalue weighted by Crippen LogP contribution is 2.27. The van der Waals surface area contributed by atoms with Crippen LogP contribution >= 0.6 is 11.8 Å². The zero-order chi connectivity index (χ0) is 15.2. The third-order valence-corrected chi connectivity index (χ3v) is 3.97. The van der Waals surface area contributed by atoms with E-state index in [0.29, 0.717) is 22.8 Å². The smallest absolute Gasteiger partial charge is 0.196 e. The van der Waals surface area contributed by atoms with Gasteiger partial charge in [-0.2, -0.15) is 0 Å². The molecule has 5 nitrogen and oxygen atoms in total. The van der Waals surface area contributed by atoms with Crippen molar-refractivity contribution < 1.29 is 0 Å². The summed E-state index contributed by atoms with van der Waals surface area (Å²) in [5.41, 5.74) is 12.6. The lowest BCUT2D eigenvalue weighted by molar-refractivity contribution is 0.537. The summed E-state index contributed by atoms with van der Waals surface area (Å²) in [7, 11) is 0. The minimum absolute atomic E-state index is 0.389. The van der Waals surface area contributed by atoms with Gasteiger partial charge in [0.2, 0.25) is 0 Å². The predicted octanol–water partition coefficient (Wildman–Crippen LogP) is 2.85. The van der Waals surface area contributed by atoms with Gasteiger partial charge in [0.15, 0.2) is 5.16 Å². The van der Waals surface area contributed by atoms with E-state index in [1.807, 2.05) is 0 Å². The Morgan fingerprint density at radius 3 is 2.24 bits per heavy atom. The molecule has 2 aromatic rings. The topological polar surface area (TPSA) is 89.8 Å². The SMILES string of the molecule is CCNC(CC)c1ccc(Sc2nc(N)cc(N)n2)cc1. The molecule has 1 aromatic carbocycles. The van der Waals surface area contributed by atoms with Crippen LogP contribution < -0.4 is 16.8 Å². The van der Waals surface area contributed by atoms with Crippen LogP contribution in [-0.2, 0) is 0 Å². The molecular formula is C15H21N5S. The van der Waals surface area contributed by atoms with E-state index in [4.69, 9.17) is 11.5 Å². The normalized spacial score (nSPS) is 12.3. The molecule has 6 heteroatoms. The molecule has 1 atom stereocenters. The van der Waals surface area contributed by atoms with Crippen molar-refractivity contribution in [2.45, 2.75) is 36.4 Å². The predicted molar refractivity (Wildman–Crippen MR) is 88.1 cm³/mol. The Hall–Kier alpha value is -1.79. The Morgan fingerprint density at radius 1 is 1.10 bits per heavy atom. The van der Waals surface area contributed by atoms with E-state index in [2.05, 4.69) is 53.4 Å². The first kappa shape index (κ1) is 15.6. The highest BCUT2D eigenvalue weighted by atomic mass is 32.2. The summed E-state index contributed by atoms with van der Waals surface area (Å²) >= 11 is 1.45. The van der Waals surface area contributed by atoms with Gasteiger partial charge in [-0.3, -0.25) is 0 Å². The lowest BCUT2D eigenvalue weighted by atomic mass is 10.1. The van der Waals surface area contributed by atoms with Crippen molar-refractivity contribution in [3.63, 3.8) is 0 Å². The Bertz CT molecular complexity index is 565. The largest absolute Gasteiger partial charge is 0.383 e. The highest BCUT2D eigenvalue weighted by Gasteiger charge is 2.08. The Labute approximate surface area is 129 Å². The molecule has 0 aliphatic rings. The molecule has 1 heterocycles. The molecule has 0 spiro atoms. The van der Waals surface area contributed by atoms with Gasteiger partial charge in [0.05, 0.1) is 0 Å². The van der Waals surface area contributed by atoms with Gasteiger partial charge >= 0.3 is 0 Å². The fourth-order valence-electron chi connectivity index (χ4n) is 2.13. The summed E-state index contributed by atoms with van der Waals surface area (Å²) in [5, 5.41) is 4.04. The van der Waals surface area contributed by atoms with Crippen LogP contribution in [0.2, 0.25) is 0 Å². The van der Waals surface area contributed by atoms with Crippen molar-refractivity contribution in [2.24, 2.45) is 0 Å². The second-order valence-electron chi connectivity index (χ2n) is 4.69. The van der Waals surface area contributed by atoms with E-state index in [1.165, 1.54) is 17.3 Å². The molecule has 0 bridgehead atoms. The molecule has 5 N–H and O–H groups in total. The number of rotatable bonds is 6. The molecule has 21 heavy (non-hydrogen) atoms. The van der Waals surface area contributed by atoms with E-state index in [9.17, 15) is 0 Å². The number of anilines is 2. The summed E-state index contributed by atoms with van der Waals surface area (Å²) in [6.07, 6.45) is 1.06. The molecule has 0 aliphatic heterocycles. The molecule has 0 saturated carbocycles. The van der Waals surface area contributed by atoms with Crippen molar-refractivity contribution in [1.82, 2.24) is 15.3 Å². The van der Waals surface area contributed by atoms with Crippen LogP contribution in [0.5, 0.6) is 0 Å². The molecule has 0 saturated heterocycles. The van der Waals surface area contributed by atoms with E-state index >= 15 is 0 Å². The third kappa shape index (κ3) is 4.34. The van der Waals surface area contributed by atoms with E-state index in [1.54, 1.807) is 6.07 Å². The standard InChI is InChI=1S/C15H21N5S/c1-3-12(18-4-2)10-5-7-11(8-6-10)21-15-19-13(16)9-14(17)20-15/h5-9,12,18H,3-4H2,1-2H3,(H4,16,17,19,20). The van der Waals surface area contributed by atoms with Crippen LogP contribution in [0.4, 0.5) is 11.6 Å². The summed E-state index contributed by atoms with van der Waals surface area (Å²) in [5.74, 6) is 0.777. The number of aromatic nitrogens is 2. The average molecular weight is 303 g/mol. The van der Waals surface area contributed by atoms with E-state index in [0.717, 1.165) is 17.9 Å². The maximum Gasteiger partial charge on any atom is 0.196 e. The number of nitrogens with one attached hydrogen (secondary N) is 1. The number of hydrogen-bond donors (Lipinski definition) is 3. The van der Waals surface area contributed by atoms with E-state index < -0.39 is 0 Å². The lowest BCUT2D eigenvalue weighted by Gasteiger charge is -2.16. The first-order chi connectivity index (χ1) is 10.1. The molecule has 0 radical (unpaired) electrons. The number of nitrogens with zero attached hydrogens (tertiary/aromatic N) is 2. The van der Waals surface area contributed by atoms with Gasteiger partial charge in [0.1, 0.15) is 11.6 Å². The van der Waals surface area contributed by atoms with Crippen molar-refractivity contribution in [1.29, 1.82) is 0 Å². The number of nitrogens with two attached hydrogens (primary N) is 2. The highest BCUT2D eigenvalue weighted by molar-refractivity contribution is 7.99. The second-order valence-corrected chi connectivity index (χ2v) is 5.73. The van der Waals surface area contributed by atoms with Gasteiger partial charge in [0, 0.05) is 17.0 Å². The number of benzene rings is 1. The molecule has 0 amide bonds. The van der Waals surface area contributed by atoms with Crippen molar-refractivity contribution in [3.05, 3.63) is 35.9 Å². The minimum atomic E-state index is 0.389. The van der Waals surface area contributed by atoms with Crippen molar-refractivity contribution in [3.8, 4) is 0 Å². The maximum atomic E-state index is 5.68. The zero-order valence-corrected chi connectivity index (χ0v) is 13.2. The molecule has 0 fully saturated rings. The Kier molecular flexibility index (Phi) is 5.41. The lowest BCUT2D eigenvalue weighted by Crippen LogP contribution is -2.19. The van der Waals surface area contributed by atoms with Crippen molar-refractivity contribution >= 4 is 23.4 Å². The van der Waals surface area contributed by atoms with Crippen LogP contribution in [0, 0.1) is 0 Å². The van der Waals surface area contributed by atoms with Crippen molar-refractivity contribution in [2.75, 3.05) is 18.0 Å². The maximum absolute atomic E-state index is 5.68. The average Bonchev–Trinajstić information content (AvgIpc) is 2.45. The van der Waals surface area contributed by atoms with Gasteiger partial charge in [0.25, 0.3) is 0 Å². The first-order valence-corrected chi connectivity index (χ1v) is 7.85. The van der Waals surface area contributed by atoms with Crippen LogP contribution in [0.15, 0.2) is 40.4 Å². The van der Waals surface area contributed by atoms with Crippen LogP contribution in [0.25, 0.3) is 0 Å². The summed E-state index contributed by atoms with van der Waals surface area (Å²) in [6.45, 7) is 5.26. The van der Waals surface area contributed by atoms with Gasteiger partial charge in [-0.25, -0.2) is 9.97 Å². The molecule has 0 aliphatic carbocycles. The first-order valence-electron chi connectivity index (χ1n) is 7.03. The summed E-state index contributed by atoms with van der Waals surface area (Å²) in [6, 6.07) is 10.4. The number of hydrogen-bond acceptors (Lipinski definition) is 6. The van der Waals surface area contributed by atoms with Gasteiger partial charge in [-0.1, -0.05) is 26.0 Å². The van der Waals surface area contributed by atoms with Crippen LogP contribution in [0.1, 0.15) is 31.9 Å². The van der Waals surface area contributed by atoms with Gasteiger partial charge in [-0.15, -0.1) is 0 Å². The Balaban J connectivity index is 2.11. The second kappa shape index (κ2) is 7.28. The molecule has 112 valence electrons. The Morgan fingerprint density at radius 2 is 1.71 bits per heavy atom. The third-order valence-electron chi connectivity index (χ3n) is 3.10. The van der Waals surface area contributed by atoms with E-state index in [-0.39, 0.29) is 0 Å². The molecule has 2 rings (SSSR count). The fraction of sp³-hybridized carbons (Fsp3) is 0.333. The van der Waals surface area contributed by atoms with Gasteiger partial charge < -0.3 is 16.8 Å². The zero-order valence-electron chi connectivity index (χ0n) is 12.3. The van der Waals surface area contributed by atoms with Crippen LogP contribution in [0.3, 0.4) is 0 Å². The van der Waals surface area contributed by atoms with Gasteiger partial charge in [-0.05, 0) is 42.4 Å². The molecular weight excluding hydrogens is 282 g/mol. The minimum Gasteiger partial charge on any atom is -0.383 e. The quantitative estimate of drug-likeness (QED) is 0.711. The summed E-state index contributed by atoms with van der Waals surface area (Å²) in [4.78, 5) is 9.40. The molecule has 1 aromatic heterocycles. The summed E-state index contributed by atoms with van der Waals surface area (Å²) < 4.78 is 0. The monoisotopic (exact) mass is 303 g/mol. The molecule has 1 unspecified atom stereocenters. The fourth-order valence-corrected chi connectivity index (χ4v) is 2.91.